The lowest BCUT2D eigenvalue weighted by atomic mass is 9.93. The van der Waals surface area contributed by atoms with Crippen molar-refractivity contribution >= 4 is 33.9 Å². The van der Waals surface area contributed by atoms with Gasteiger partial charge in [-0.1, -0.05) is 24.3 Å². The quantitative estimate of drug-likeness (QED) is 0.309. The first-order chi connectivity index (χ1) is 21.4. The Hall–Kier alpha value is -4.09. The molecule has 11 heteroatoms. The lowest BCUT2D eigenvalue weighted by Gasteiger charge is -2.34. The van der Waals surface area contributed by atoms with Crippen LogP contribution >= 0.6 is 0 Å². The van der Waals surface area contributed by atoms with Crippen LogP contribution in [0.1, 0.15) is 32.1 Å². The van der Waals surface area contributed by atoms with E-state index in [1.54, 1.807) is 23.2 Å². The van der Waals surface area contributed by atoms with Crippen molar-refractivity contribution in [3.8, 4) is 23.0 Å². The van der Waals surface area contributed by atoms with Crippen LogP contribution in [0.3, 0.4) is 0 Å². The van der Waals surface area contributed by atoms with Crippen LogP contribution in [0.5, 0.6) is 11.8 Å². The van der Waals surface area contributed by atoms with Crippen LogP contribution in [0.2, 0.25) is 0 Å². The van der Waals surface area contributed by atoms with Gasteiger partial charge in [0, 0.05) is 56.6 Å². The number of fused-ring (bicyclic) bond motifs is 5. The number of piperazine rings is 1. The van der Waals surface area contributed by atoms with Gasteiger partial charge in [0.15, 0.2) is 5.82 Å². The summed E-state index contributed by atoms with van der Waals surface area (Å²) in [7, 11) is 1.83. The van der Waals surface area contributed by atoms with Crippen LogP contribution in [-0.4, -0.2) is 99.8 Å². The number of rotatable bonds is 7. The molecule has 4 aromatic rings. The number of pyridine rings is 1. The molecule has 4 fully saturated rings. The standard InChI is InChI=1S/C33H36FN7O3/c1-39(19-42)23-13-33(9-4-10-41(33)17-23)18-44-32-37-30-27(31(38-32)40-15-21-7-8-22(16-40)36-21)14-35-29(28(30)34)26-12-24(43)11-20-5-2-3-6-25(20)26/h2-3,5-6,11-12,14,19,21-23,36,43H,4,7-10,13,15-18H2,1H3. The van der Waals surface area contributed by atoms with E-state index >= 15 is 4.39 Å². The third-order valence-electron chi connectivity index (χ3n) is 10.3. The van der Waals surface area contributed by atoms with Crippen molar-refractivity contribution in [2.24, 2.45) is 0 Å². The largest absolute Gasteiger partial charge is 0.508 e. The molecule has 2 N–H and O–H groups in total. The summed E-state index contributed by atoms with van der Waals surface area (Å²) in [5, 5.41) is 16.3. The highest BCUT2D eigenvalue weighted by molar-refractivity contribution is 5.99. The molecule has 4 aliphatic rings. The molecule has 10 nitrogen and oxygen atoms in total. The number of hydrogen-bond acceptors (Lipinski definition) is 9. The third-order valence-corrected chi connectivity index (χ3v) is 10.3. The molecule has 0 aliphatic carbocycles. The molecule has 0 spiro atoms. The maximum absolute atomic E-state index is 16.7. The van der Waals surface area contributed by atoms with Crippen LogP contribution in [0.15, 0.2) is 42.6 Å². The molecular formula is C33H36FN7O3. The summed E-state index contributed by atoms with van der Waals surface area (Å²) >= 11 is 0. The Labute approximate surface area is 254 Å². The molecule has 0 radical (unpaired) electrons. The van der Waals surface area contributed by atoms with Crippen molar-refractivity contribution < 1.29 is 19.0 Å². The summed E-state index contributed by atoms with van der Waals surface area (Å²) < 4.78 is 23.1. The number of phenolic OH excluding ortho intramolecular Hbond substituents is 1. The minimum absolute atomic E-state index is 0.0409. The number of nitrogens with one attached hydrogen (secondary N) is 1. The first-order valence-corrected chi connectivity index (χ1v) is 15.6. The van der Waals surface area contributed by atoms with Gasteiger partial charge in [-0.3, -0.25) is 14.7 Å². The second kappa shape index (κ2) is 10.5. The molecule has 2 aromatic carbocycles. The molecule has 228 valence electrons. The van der Waals surface area contributed by atoms with E-state index in [9.17, 15) is 9.90 Å². The summed E-state index contributed by atoms with van der Waals surface area (Å²) in [4.78, 5) is 32.1. The Morgan fingerprint density at radius 3 is 2.80 bits per heavy atom. The van der Waals surface area contributed by atoms with Crippen LogP contribution in [0.4, 0.5) is 10.2 Å². The minimum atomic E-state index is -0.570. The predicted molar refractivity (Wildman–Crippen MR) is 165 cm³/mol. The van der Waals surface area contributed by atoms with Gasteiger partial charge in [-0.05, 0) is 61.6 Å². The van der Waals surface area contributed by atoms with Crippen LogP contribution in [-0.2, 0) is 4.79 Å². The average molecular weight is 598 g/mol. The number of carbonyl (C=O) groups is 1. The normalized spacial score (nSPS) is 26.4. The van der Waals surface area contributed by atoms with Gasteiger partial charge in [0.05, 0.1) is 10.9 Å². The van der Waals surface area contributed by atoms with Crippen LogP contribution in [0.25, 0.3) is 32.9 Å². The Morgan fingerprint density at radius 1 is 1.16 bits per heavy atom. The van der Waals surface area contributed by atoms with E-state index in [0.29, 0.717) is 35.5 Å². The highest BCUT2D eigenvalue weighted by atomic mass is 19.1. The molecule has 6 heterocycles. The van der Waals surface area contributed by atoms with Crippen molar-refractivity contribution in [1.82, 2.24) is 30.1 Å². The number of amides is 1. The van der Waals surface area contributed by atoms with Gasteiger partial charge in [-0.15, -0.1) is 0 Å². The van der Waals surface area contributed by atoms with Gasteiger partial charge in [-0.25, -0.2) is 4.39 Å². The van der Waals surface area contributed by atoms with E-state index in [1.165, 1.54) is 0 Å². The third kappa shape index (κ3) is 4.52. The maximum atomic E-state index is 16.7. The zero-order valence-corrected chi connectivity index (χ0v) is 24.7. The van der Waals surface area contributed by atoms with E-state index in [0.717, 1.165) is 75.5 Å². The summed E-state index contributed by atoms with van der Waals surface area (Å²) in [6.07, 6.45) is 7.60. The van der Waals surface area contributed by atoms with Crippen molar-refractivity contribution in [3.63, 3.8) is 0 Å². The summed E-state index contributed by atoms with van der Waals surface area (Å²) in [6, 6.07) is 11.7. The number of nitrogens with zero attached hydrogens (tertiary/aromatic N) is 6. The van der Waals surface area contributed by atoms with Gasteiger partial charge in [0.25, 0.3) is 0 Å². The molecule has 2 bridgehead atoms. The van der Waals surface area contributed by atoms with E-state index in [-0.39, 0.29) is 34.6 Å². The number of anilines is 1. The Balaban J connectivity index is 1.21. The molecule has 1 amide bonds. The molecule has 4 saturated heterocycles. The Kier molecular flexibility index (Phi) is 6.56. The van der Waals surface area contributed by atoms with Crippen LogP contribution < -0.4 is 15.0 Å². The summed E-state index contributed by atoms with van der Waals surface area (Å²) in [5.74, 6) is 0.103. The predicted octanol–water partition coefficient (Wildman–Crippen LogP) is 3.70. The van der Waals surface area contributed by atoms with Crippen molar-refractivity contribution in [2.75, 3.05) is 44.7 Å². The number of halogens is 1. The fraction of sp³-hybridized carbons (Fsp3) is 0.455. The van der Waals surface area contributed by atoms with Gasteiger partial charge >= 0.3 is 6.01 Å². The van der Waals surface area contributed by atoms with Crippen molar-refractivity contribution in [1.29, 1.82) is 0 Å². The number of ether oxygens (including phenoxy) is 1. The number of carbonyl (C=O) groups excluding carboxylic acids is 1. The molecular weight excluding hydrogens is 561 g/mol. The van der Waals surface area contributed by atoms with E-state index in [2.05, 4.69) is 25.1 Å². The van der Waals surface area contributed by atoms with Crippen molar-refractivity contribution in [3.05, 3.63) is 48.4 Å². The Morgan fingerprint density at radius 2 is 1.98 bits per heavy atom. The summed E-state index contributed by atoms with van der Waals surface area (Å²) in [5.41, 5.74) is 0.562. The van der Waals surface area contributed by atoms with E-state index < -0.39 is 5.82 Å². The molecule has 4 atom stereocenters. The number of benzene rings is 2. The number of aromatic hydroxyl groups is 1. The number of phenols is 1. The zero-order chi connectivity index (χ0) is 30.0. The van der Waals surface area contributed by atoms with E-state index in [4.69, 9.17) is 9.72 Å². The highest BCUT2D eigenvalue weighted by Crippen LogP contribution is 2.41. The lowest BCUT2D eigenvalue weighted by molar-refractivity contribution is -0.118. The lowest BCUT2D eigenvalue weighted by Crippen LogP contribution is -2.51. The number of hydrogen-bond donors (Lipinski definition) is 2. The molecule has 4 unspecified atom stereocenters. The number of likely N-dealkylation sites (N-methyl/N-ethyl adjacent to an activating group) is 1. The SMILES string of the molecule is CN(C=O)C1CN2CCCC2(COc2nc(N3CC4CCC(C3)N4)c3cnc(-c4cc(O)cc5ccccc45)c(F)c3n2)C1. The fourth-order valence-corrected chi connectivity index (χ4v) is 8.02. The summed E-state index contributed by atoms with van der Waals surface area (Å²) in [6.45, 7) is 3.67. The molecule has 2 aromatic heterocycles. The topological polar surface area (TPSA) is 107 Å². The second-order valence-electron chi connectivity index (χ2n) is 13.0. The minimum Gasteiger partial charge on any atom is -0.508 e. The molecule has 0 saturated carbocycles. The van der Waals surface area contributed by atoms with Gasteiger partial charge < -0.3 is 25.0 Å². The number of aromatic nitrogens is 3. The van der Waals surface area contributed by atoms with Gasteiger partial charge in [-0.2, -0.15) is 9.97 Å². The first-order valence-electron chi connectivity index (χ1n) is 15.6. The van der Waals surface area contributed by atoms with Crippen LogP contribution in [0, 0.1) is 5.82 Å². The van der Waals surface area contributed by atoms with Gasteiger partial charge in [0.1, 0.15) is 29.4 Å². The van der Waals surface area contributed by atoms with Crippen molar-refractivity contribution in [2.45, 2.75) is 55.8 Å². The molecule has 8 rings (SSSR count). The second-order valence-corrected chi connectivity index (χ2v) is 13.0. The first kappa shape index (κ1) is 27.5. The van der Waals surface area contributed by atoms with E-state index in [1.807, 2.05) is 31.3 Å². The maximum Gasteiger partial charge on any atom is 0.319 e. The monoisotopic (exact) mass is 597 g/mol. The smallest absolute Gasteiger partial charge is 0.319 e. The average Bonchev–Trinajstić information content (AvgIpc) is 3.70. The molecule has 44 heavy (non-hydrogen) atoms. The highest BCUT2D eigenvalue weighted by Gasteiger charge is 2.50. The molecule has 4 aliphatic heterocycles. The van der Waals surface area contributed by atoms with Gasteiger partial charge in [0.2, 0.25) is 6.41 Å². The zero-order valence-electron chi connectivity index (χ0n) is 24.7. The fourth-order valence-electron chi connectivity index (χ4n) is 8.02. The Bertz CT molecular complexity index is 1760.